The number of rotatable bonds is 9. The Bertz CT molecular complexity index is 1760. The summed E-state index contributed by atoms with van der Waals surface area (Å²) in [4.78, 5) is 14.5. The average Bonchev–Trinajstić information content (AvgIpc) is 3.53. The van der Waals surface area contributed by atoms with Gasteiger partial charge in [0.25, 0.3) is 0 Å². The minimum Gasteiger partial charge on any atom is -0.432 e. The van der Waals surface area contributed by atoms with Gasteiger partial charge in [-0.15, -0.1) is 0 Å². The topological polar surface area (TPSA) is 295 Å². The van der Waals surface area contributed by atoms with E-state index in [9.17, 15) is 61.0 Å². The van der Waals surface area contributed by atoms with E-state index in [-0.39, 0.29) is 47.2 Å². The Balaban J connectivity index is 1.03. The molecule has 0 amide bonds. The Morgan fingerprint density at radius 3 is 2.09 bits per heavy atom. The number of hydrogen-bond donors (Lipinski definition) is 11. The second-order valence-corrected chi connectivity index (χ2v) is 22.7. The van der Waals surface area contributed by atoms with Crippen LogP contribution in [0, 0.1) is 50.2 Å². The van der Waals surface area contributed by atoms with Crippen molar-refractivity contribution in [3.05, 3.63) is 11.6 Å². The molecular weight excluding hydrogens is 840 g/mol. The van der Waals surface area contributed by atoms with Gasteiger partial charge in [-0.25, -0.2) is 0 Å². The lowest BCUT2D eigenvalue weighted by Gasteiger charge is -2.72. The largest absolute Gasteiger partial charge is 0.432 e. The van der Waals surface area contributed by atoms with Gasteiger partial charge in [-0.1, -0.05) is 53.2 Å². The van der Waals surface area contributed by atoms with E-state index in [1.807, 2.05) is 6.92 Å². The second-order valence-electron chi connectivity index (χ2n) is 22.7. The summed E-state index contributed by atoms with van der Waals surface area (Å²) in [7, 11) is 0. The Morgan fingerprint density at radius 2 is 1.44 bits per heavy atom. The van der Waals surface area contributed by atoms with Gasteiger partial charge < -0.3 is 84.6 Å². The molecule has 7 fully saturated rings. The van der Waals surface area contributed by atoms with Gasteiger partial charge in [-0.3, -0.25) is 4.79 Å². The lowest BCUT2D eigenvalue weighted by molar-refractivity contribution is -0.358. The molecule has 8 rings (SSSR count). The third kappa shape index (κ3) is 7.30. The third-order valence-corrected chi connectivity index (χ3v) is 18.7. The highest BCUT2D eigenvalue weighted by atomic mass is 16.7. The second kappa shape index (κ2) is 16.9. The van der Waals surface area contributed by atoms with E-state index in [4.69, 9.17) is 28.4 Å². The van der Waals surface area contributed by atoms with Crippen LogP contribution in [-0.2, 0) is 33.2 Å². The highest BCUT2D eigenvalue weighted by Gasteiger charge is 2.71. The Labute approximate surface area is 374 Å². The van der Waals surface area contributed by atoms with Crippen LogP contribution in [0.5, 0.6) is 0 Å². The van der Waals surface area contributed by atoms with E-state index in [1.165, 1.54) is 5.57 Å². The zero-order valence-corrected chi connectivity index (χ0v) is 38.0. The summed E-state index contributed by atoms with van der Waals surface area (Å²) < 4.78 is 34.9. The predicted molar refractivity (Wildman–Crippen MR) is 221 cm³/mol. The van der Waals surface area contributed by atoms with Crippen LogP contribution >= 0.6 is 0 Å². The summed E-state index contributed by atoms with van der Waals surface area (Å²) in [6, 6.07) is 0. The standard InChI is InChI=1S/C46H74O18/c1-40(2)11-13-45(39(57)64-36-31(54)29(52)25(51)18-59-36)14-12-43(5)22(23(45)15-40)7-8-28-41(3)16-24(50)35(42(4,19-48)27(41)9-10-44(28,43)6)63-37-32(55)30(53)33(26(17-47)61-37)62-38-34(56)46(58,20-49)21-60-38/h7,23-38,47-56,58H,8-21H2,1-6H3. The molecule has 8 aliphatic rings. The van der Waals surface area contributed by atoms with Crippen molar-refractivity contribution in [1.82, 2.24) is 0 Å². The molecule has 18 heteroatoms. The quantitative estimate of drug-likeness (QED) is 0.0780. The first-order valence-corrected chi connectivity index (χ1v) is 23.3. The molecule has 22 unspecified atom stereocenters. The molecule has 4 saturated carbocycles. The fourth-order valence-corrected chi connectivity index (χ4v) is 14.6. The monoisotopic (exact) mass is 914 g/mol. The van der Waals surface area contributed by atoms with Crippen molar-refractivity contribution in [2.75, 3.05) is 33.0 Å². The molecule has 22 atom stereocenters. The summed E-state index contributed by atoms with van der Waals surface area (Å²) in [6.45, 7) is 10.5. The summed E-state index contributed by atoms with van der Waals surface area (Å²) in [5.74, 6) is -0.768. The van der Waals surface area contributed by atoms with E-state index in [0.29, 0.717) is 38.5 Å². The maximum atomic E-state index is 14.5. The van der Waals surface area contributed by atoms with Crippen LogP contribution in [0.1, 0.15) is 99.3 Å². The van der Waals surface area contributed by atoms with Crippen LogP contribution in [0.15, 0.2) is 11.6 Å². The van der Waals surface area contributed by atoms with Crippen molar-refractivity contribution >= 4 is 5.97 Å². The van der Waals surface area contributed by atoms with E-state index in [2.05, 4.69) is 40.7 Å². The minimum absolute atomic E-state index is 0.0374. The molecule has 0 aromatic carbocycles. The van der Waals surface area contributed by atoms with Gasteiger partial charge in [0.1, 0.15) is 54.4 Å². The van der Waals surface area contributed by atoms with Crippen molar-refractivity contribution < 1.29 is 89.4 Å². The van der Waals surface area contributed by atoms with Crippen molar-refractivity contribution in [3.63, 3.8) is 0 Å². The number of hydrogen-bond acceptors (Lipinski definition) is 18. The fourth-order valence-electron chi connectivity index (χ4n) is 14.6. The molecule has 18 nitrogen and oxygen atoms in total. The van der Waals surface area contributed by atoms with E-state index < -0.39 is 128 Å². The molecule has 3 heterocycles. The first-order valence-electron chi connectivity index (χ1n) is 23.3. The van der Waals surface area contributed by atoms with Gasteiger partial charge in [0.05, 0.1) is 50.7 Å². The molecule has 0 spiro atoms. The number of carbonyl (C=O) groups is 1. The average molecular weight is 915 g/mol. The summed E-state index contributed by atoms with van der Waals surface area (Å²) in [5, 5.41) is 118. The van der Waals surface area contributed by atoms with E-state index in [1.54, 1.807) is 0 Å². The lowest BCUT2D eigenvalue weighted by atomic mass is 9.33. The number of aliphatic hydroxyl groups excluding tert-OH is 10. The molecule has 0 aromatic rings. The van der Waals surface area contributed by atoms with Crippen LogP contribution in [-0.4, -0.2) is 181 Å². The maximum absolute atomic E-state index is 14.5. The van der Waals surface area contributed by atoms with Crippen LogP contribution in [0.2, 0.25) is 0 Å². The predicted octanol–water partition coefficient (Wildman–Crippen LogP) is -0.636. The number of esters is 1. The van der Waals surface area contributed by atoms with Gasteiger partial charge in [-0.05, 0) is 97.2 Å². The number of ether oxygens (including phenoxy) is 6. The van der Waals surface area contributed by atoms with Crippen LogP contribution < -0.4 is 0 Å². The number of allylic oxidation sites excluding steroid dienone is 2. The summed E-state index contributed by atoms with van der Waals surface area (Å²) in [5.41, 5.74) is -3.99. The Kier molecular flexibility index (Phi) is 13.0. The normalized spacial score (nSPS) is 54.7. The van der Waals surface area contributed by atoms with Crippen molar-refractivity contribution in [3.8, 4) is 0 Å². The molecule has 5 aliphatic carbocycles. The van der Waals surface area contributed by atoms with Crippen LogP contribution in [0.4, 0.5) is 0 Å². The molecule has 366 valence electrons. The smallest absolute Gasteiger partial charge is 0.315 e. The zero-order valence-electron chi connectivity index (χ0n) is 38.0. The Hall–Kier alpha value is -1.43. The van der Waals surface area contributed by atoms with Gasteiger partial charge >= 0.3 is 5.97 Å². The first kappa shape index (κ1) is 49.0. The highest BCUT2D eigenvalue weighted by molar-refractivity contribution is 5.79. The number of carbonyl (C=O) groups excluding carboxylic acids is 1. The first-order chi connectivity index (χ1) is 29.9. The summed E-state index contributed by atoms with van der Waals surface area (Å²) in [6.07, 6.45) is -11.1. The molecule has 0 bridgehead atoms. The highest BCUT2D eigenvalue weighted by Crippen LogP contribution is 2.76. The third-order valence-electron chi connectivity index (χ3n) is 18.7. The van der Waals surface area contributed by atoms with Gasteiger partial charge in [0, 0.05) is 5.41 Å². The van der Waals surface area contributed by atoms with Crippen LogP contribution in [0.3, 0.4) is 0 Å². The van der Waals surface area contributed by atoms with Crippen LogP contribution in [0.25, 0.3) is 0 Å². The fraction of sp³-hybridized carbons (Fsp3) is 0.935. The van der Waals surface area contributed by atoms with Gasteiger partial charge in [0.15, 0.2) is 12.6 Å². The number of fused-ring (bicyclic) bond motifs is 7. The molecule has 0 radical (unpaired) electrons. The van der Waals surface area contributed by atoms with Crippen molar-refractivity contribution in [1.29, 1.82) is 0 Å². The van der Waals surface area contributed by atoms with Crippen molar-refractivity contribution in [2.45, 2.75) is 185 Å². The molecule has 11 N–H and O–H groups in total. The summed E-state index contributed by atoms with van der Waals surface area (Å²) >= 11 is 0. The van der Waals surface area contributed by atoms with Crippen molar-refractivity contribution in [2.24, 2.45) is 50.2 Å². The van der Waals surface area contributed by atoms with E-state index >= 15 is 0 Å². The zero-order chi connectivity index (χ0) is 46.7. The maximum Gasteiger partial charge on any atom is 0.315 e. The molecule has 0 aromatic heterocycles. The molecule has 64 heavy (non-hydrogen) atoms. The van der Waals surface area contributed by atoms with Gasteiger partial charge in [0.2, 0.25) is 6.29 Å². The SMILES string of the molecule is CC1(C)CCC2(C(=O)OC3OCC(O)C(O)C3O)CCC3(C)C(=CCC4C5(C)CC(O)C(OC6OC(CO)C(OC7OCC(O)(CO)C7O)C(O)C6O)C(C)(CO)C5CCC43C)C2C1. The number of aliphatic hydroxyl groups is 11. The molecule has 3 saturated heterocycles. The minimum atomic E-state index is -2.02. The molecule has 3 aliphatic heterocycles. The van der Waals surface area contributed by atoms with E-state index in [0.717, 1.165) is 19.3 Å². The molecular formula is C46H74O18. The lowest BCUT2D eigenvalue weighted by Crippen LogP contribution is -2.69. The van der Waals surface area contributed by atoms with Gasteiger partial charge in [-0.2, -0.15) is 0 Å². The Morgan fingerprint density at radius 1 is 0.750 bits per heavy atom.